The van der Waals surface area contributed by atoms with Crippen LogP contribution in [0.2, 0.25) is 0 Å². The highest BCUT2D eigenvalue weighted by atomic mass is 16.5. The Hall–Kier alpha value is -0.820. The molecular weight excluding hydrogens is 196 g/mol. The van der Waals surface area contributed by atoms with Crippen LogP contribution >= 0.6 is 0 Å². The second-order valence-corrected chi connectivity index (χ2v) is 6.14. The van der Waals surface area contributed by atoms with E-state index in [0.29, 0.717) is 5.92 Å². The van der Waals surface area contributed by atoms with Gasteiger partial charge in [0.1, 0.15) is 0 Å². The van der Waals surface area contributed by atoms with Gasteiger partial charge in [-0.25, -0.2) is 0 Å². The van der Waals surface area contributed by atoms with Crippen molar-refractivity contribution in [3.05, 3.63) is 35.9 Å². The van der Waals surface area contributed by atoms with Gasteiger partial charge in [0, 0.05) is 0 Å². The molecule has 0 atom stereocenters. The van der Waals surface area contributed by atoms with Gasteiger partial charge in [-0.05, 0) is 52.0 Å². The highest BCUT2D eigenvalue weighted by molar-refractivity contribution is 5.21. The van der Waals surface area contributed by atoms with E-state index in [1.165, 1.54) is 5.56 Å². The molecule has 2 rings (SSSR count). The van der Waals surface area contributed by atoms with Crippen LogP contribution < -0.4 is 0 Å². The molecule has 16 heavy (non-hydrogen) atoms. The predicted molar refractivity (Wildman–Crippen MR) is 67.7 cm³/mol. The molecule has 1 aromatic carbocycles. The molecule has 1 heteroatoms. The van der Waals surface area contributed by atoms with Crippen molar-refractivity contribution in [1.29, 1.82) is 0 Å². The van der Waals surface area contributed by atoms with Crippen molar-refractivity contribution in [2.75, 3.05) is 0 Å². The minimum atomic E-state index is -0.0116. The van der Waals surface area contributed by atoms with E-state index < -0.39 is 0 Å². The molecule has 1 heterocycles. The standard InChI is InChI=1S/C15H22O/c1-14(2)10-13(11-15(3,4)16-14)12-8-6-5-7-9-12/h5-9,13H,10-11H2,1-4H3. The molecule has 0 unspecified atom stereocenters. The van der Waals surface area contributed by atoms with Crippen LogP contribution in [0.5, 0.6) is 0 Å². The van der Waals surface area contributed by atoms with Gasteiger partial charge in [-0.3, -0.25) is 0 Å². The minimum Gasteiger partial charge on any atom is -0.370 e. The maximum absolute atomic E-state index is 6.11. The van der Waals surface area contributed by atoms with Crippen LogP contribution in [0.25, 0.3) is 0 Å². The summed E-state index contributed by atoms with van der Waals surface area (Å²) < 4.78 is 6.11. The molecule has 1 saturated heterocycles. The normalized spacial score (nSPS) is 24.2. The Bertz CT molecular complexity index is 335. The van der Waals surface area contributed by atoms with Gasteiger partial charge in [0.25, 0.3) is 0 Å². The SMILES string of the molecule is CC1(C)CC(c2ccccc2)CC(C)(C)O1. The monoisotopic (exact) mass is 218 g/mol. The van der Waals surface area contributed by atoms with Crippen LogP contribution in [0.3, 0.4) is 0 Å². The van der Waals surface area contributed by atoms with E-state index in [-0.39, 0.29) is 11.2 Å². The molecular formula is C15H22O. The molecule has 0 amide bonds. The third kappa shape index (κ3) is 2.65. The van der Waals surface area contributed by atoms with Crippen molar-refractivity contribution in [2.24, 2.45) is 0 Å². The van der Waals surface area contributed by atoms with Crippen LogP contribution in [0.15, 0.2) is 30.3 Å². The Morgan fingerprint density at radius 2 is 1.44 bits per heavy atom. The third-order valence-electron chi connectivity index (χ3n) is 3.30. The number of rotatable bonds is 1. The lowest BCUT2D eigenvalue weighted by molar-refractivity contribution is -0.161. The zero-order valence-corrected chi connectivity index (χ0v) is 10.8. The van der Waals surface area contributed by atoms with E-state index >= 15 is 0 Å². The number of benzene rings is 1. The Kier molecular flexibility index (Phi) is 2.83. The average Bonchev–Trinajstić information content (AvgIpc) is 2.14. The Balaban J connectivity index is 2.23. The van der Waals surface area contributed by atoms with Gasteiger partial charge < -0.3 is 4.74 Å². The zero-order valence-electron chi connectivity index (χ0n) is 10.8. The number of ether oxygens (including phenoxy) is 1. The van der Waals surface area contributed by atoms with Crippen molar-refractivity contribution < 1.29 is 4.74 Å². The first-order valence-electron chi connectivity index (χ1n) is 6.13. The fraction of sp³-hybridized carbons (Fsp3) is 0.600. The molecule has 0 radical (unpaired) electrons. The van der Waals surface area contributed by atoms with Crippen LogP contribution in [-0.2, 0) is 4.74 Å². The average molecular weight is 218 g/mol. The van der Waals surface area contributed by atoms with Crippen molar-refractivity contribution in [3.63, 3.8) is 0 Å². The van der Waals surface area contributed by atoms with Gasteiger partial charge in [0.15, 0.2) is 0 Å². The number of hydrogen-bond acceptors (Lipinski definition) is 1. The first-order chi connectivity index (χ1) is 7.38. The fourth-order valence-electron chi connectivity index (χ4n) is 3.05. The molecule has 1 nitrogen and oxygen atoms in total. The first-order valence-corrected chi connectivity index (χ1v) is 6.13. The van der Waals surface area contributed by atoms with Crippen LogP contribution in [-0.4, -0.2) is 11.2 Å². The summed E-state index contributed by atoms with van der Waals surface area (Å²) in [5.74, 6) is 0.625. The second-order valence-electron chi connectivity index (χ2n) is 6.14. The van der Waals surface area contributed by atoms with Gasteiger partial charge >= 0.3 is 0 Å². The lowest BCUT2D eigenvalue weighted by Crippen LogP contribution is -2.44. The molecule has 88 valence electrons. The minimum absolute atomic E-state index is 0.0116. The predicted octanol–water partition coefficient (Wildman–Crippen LogP) is 4.14. The summed E-state index contributed by atoms with van der Waals surface area (Å²) in [4.78, 5) is 0. The molecule has 0 N–H and O–H groups in total. The topological polar surface area (TPSA) is 9.23 Å². The maximum Gasteiger partial charge on any atom is 0.0639 e. The molecule has 1 aromatic rings. The summed E-state index contributed by atoms with van der Waals surface area (Å²) in [5, 5.41) is 0. The Labute approximate surface area is 98.8 Å². The summed E-state index contributed by atoms with van der Waals surface area (Å²) in [5.41, 5.74) is 1.43. The van der Waals surface area contributed by atoms with Crippen molar-refractivity contribution >= 4 is 0 Å². The molecule has 0 aliphatic carbocycles. The van der Waals surface area contributed by atoms with Gasteiger partial charge in [-0.2, -0.15) is 0 Å². The number of hydrogen-bond donors (Lipinski definition) is 0. The van der Waals surface area contributed by atoms with Gasteiger partial charge in [-0.1, -0.05) is 30.3 Å². The summed E-state index contributed by atoms with van der Waals surface area (Å²) in [6.45, 7) is 8.79. The van der Waals surface area contributed by atoms with Crippen molar-refractivity contribution in [2.45, 2.75) is 57.7 Å². The van der Waals surface area contributed by atoms with E-state index in [2.05, 4.69) is 58.0 Å². The quantitative estimate of drug-likeness (QED) is 0.688. The molecule has 0 bridgehead atoms. The van der Waals surface area contributed by atoms with Gasteiger partial charge in [0.05, 0.1) is 11.2 Å². The summed E-state index contributed by atoms with van der Waals surface area (Å²) in [6, 6.07) is 10.8. The Morgan fingerprint density at radius 1 is 0.938 bits per heavy atom. The maximum atomic E-state index is 6.11. The highest BCUT2D eigenvalue weighted by Gasteiger charge is 2.39. The molecule has 0 saturated carbocycles. The molecule has 0 aromatic heterocycles. The molecule has 0 spiro atoms. The van der Waals surface area contributed by atoms with Crippen molar-refractivity contribution in [1.82, 2.24) is 0 Å². The molecule has 1 aliphatic heterocycles. The fourth-order valence-corrected chi connectivity index (χ4v) is 3.05. The smallest absolute Gasteiger partial charge is 0.0639 e. The summed E-state index contributed by atoms with van der Waals surface area (Å²) >= 11 is 0. The first kappa shape index (κ1) is 11.7. The summed E-state index contributed by atoms with van der Waals surface area (Å²) in [6.07, 6.45) is 2.22. The second kappa shape index (κ2) is 3.89. The van der Waals surface area contributed by atoms with Crippen LogP contribution in [0.1, 0.15) is 52.0 Å². The lowest BCUT2D eigenvalue weighted by atomic mass is 9.77. The zero-order chi connectivity index (χ0) is 11.8. The largest absolute Gasteiger partial charge is 0.370 e. The van der Waals surface area contributed by atoms with Gasteiger partial charge in [-0.15, -0.1) is 0 Å². The molecule has 1 fully saturated rings. The van der Waals surface area contributed by atoms with Crippen molar-refractivity contribution in [3.8, 4) is 0 Å². The third-order valence-corrected chi connectivity index (χ3v) is 3.30. The van der Waals surface area contributed by atoms with E-state index in [1.807, 2.05) is 0 Å². The highest BCUT2D eigenvalue weighted by Crippen LogP contribution is 2.43. The van der Waals surface area contributed by atoms with E-state index in [1.54, 1.807) is 0 Å². The van der Waals surface area contributed by atoms with E-state index in [0.717, 1.165) is 12.8 Å². The van der Waals surface area contributed by atoms with Crippen LogP contribution in [0.4, 0.5) is 0 Å². The van der Waals surface area contributed by atoms with E-state index in [4.69, 9.17) is 4.74 Å². The van der Waals surface area contributed by atoms with Crippen LogP contribution in [0, 0.1) is 0 Å². The van der Waals surface area contributed by atoms with Gasteiger partial charge in [0.2, 0.25) is 0 Å². The molecule has 1 aliphatic rings. The van der Waals surface area contributed by atoms with E-state index in [9.17, 15) is 0 Å². The summed E-state index contributed by atoms with van der Waals surface area (Å²) in [7, 11) is 0. The Morgan fingerprint density at radius 3 is 1.94 bits per heavy atom. The lowest BCUT2D eigenvalue weighted by Gasteiger charge is -2.45.